The number of rotatable bonds is 19. The van der Waals surface area contributed by atoms with E-state index in [0.29, 0.717) is 19.3 Å². The number of hydrogen-bond donors (Lipinski definition) is 5. The molecule has 5 N–H and O–H groups in total. The van der Waals surface area contributed by atoms with E-state index in [9.17, 15) is 28.8 Å². The summed E-state index contributed by atoms with van der Waals surface area (Å²) >= 11 is 0. The SMILES string of the molecule is C=CCNC(=O)C(=O)C(CC=C)NC(=O)[C@H](CC1CCCCC1)NC(=O)[C@@H](NC(=O)[C@H](CC(C)C)NC(C)=O)[C@H](C)CC. The van der Waals surface area contributed by atoms with Crippen molar-refractivity contribution in [3.05, 3.63) is 25.3 Å². The van der Waals surface area contributed by atoms with Gasteiger partial charge in [-0.15, -0.1) is 13.2 Å². The summed E-state index contributed by atoms with van der Waals surface area (Å²) in [6.45, 7) is 16.2. The first-order valence-electron chi connectivity index (χ1n) is 15.6. The molecule has 0 aromatic rings. The van der Waals surface area contributed by atoms with E-state index in [-0.39, 0.29) is 36.6 Å². The van der Waals surface area contributed by atoms with Crippen molar-refractivity contribution in [2.45, 2.75) is 117 Å². The van der Waals surface area contributed by atoms with Crippen molar-refractivity contribution in [3.8, 4) is 0 Å². The number of hydrogen-bond acceptors (Lipinski definition) is 6. The molecule has 0 bridgehead atoms. The Balaban J connectivity index is 3.23. The molecule has 11 heteroatoms. The smallest absolute Gasteiger partial charge is 0.289 e. The zero-order chi connectivity index (χ0) is 32.5. The van der Waals surface area contributed by atoms with E-state index in [1.54, 1.807) is 0 Å². The molecule has 1 rings (SSSR count). The van der Waals surface area contributed by atoms with Crippen molar-refractivity contribution >= 4 is 35.3 Å². The van der Waals surface area contributed by atoms with Crippen molar-refractivity contribution in [3.63, 3.8) is 0 Å². The fourth-order valence-electron chi connectivity index (χ4n) is 5.23. The molecule has 0 radical (unpaired) electrons. The molecule has 1 aliphatic rings. The van der Waals surface area contributed by atoms with Crippen LogP contribution >= 0.6 is 0 Å². The summed E-state index contributed by atoms with van der Waals surface area (Å²) in [6, 6.07) is -3.91. The Morgan fingerprint density at radius 3 is 1.93 bits per heavy atom. The van der Waals surface area contributed by atoms with Gasteiger partial charge in [0.2, 0.25) is 29.4 Å². The summed E-state index contributed by atoms with van der Waals surface area (Å²) in [5.41, 5.74) is 0. The van der Waals surface area contributed by atoms with E-state index in [1.807, 2.05) is 27.7 Å². The Hall–Kier alpha value is -3.50. The first-order valence-corrected chi connectivity index (χ1v) is 15.6. The first kappa shape index (κ1) is 37.5. The van der Waals surface area contributed by atoms with Crippen LogP contribution in [0.15, 0.2) is 25.3 Å². The summed E-state index contributed by atoms with van der Waals surface area (Å²) in [5.74, 6) is -3.57. The second-order valence-corrected chi connectivity index (χ2v) is 12.0. The Morgan fingerprint density at radius 1 is 0.791 bits per heavy atom. The van der Waals surface area contributed by atoms with Gasteiger partial charge in [0.15, 0.2) is 0 Å². The first-order chi connectivity index (χ1) is 20.3. The Kier molecular flexibility index (Phi) is 17.1. The van der Waals surface area contributed by atoms with E-state index >= 15 is 0 Å². The van der Waals surface area contributed by atoms with E-state index < -0.39 is 53.6 Å². The summed E-state index contributed by atoms with van der Waals surface area (Å²) in [6.07, 6.45) is 9.24. The van der Waals surface area contributed by atoms with Crippen molar-refractivity contribution in [1.82, 2.24) is 26.6 Å². The number of ketones is 1. The Labute approximate surface area is 256 Å². The van der Waals surface area contributed by atoms with Crippen molar-refractivity contribution in [2.75, 3.05) is 6.54 Å². The highest BCUT2D eigenvalue weighted by molar-refractivity contribution is 6.38. The lowest BCUT2D eigenvalue weighted by atomic mass is 9.84. The molecule has 1 saturated carbocycles. The summed E-state index contributed by atoms with van der Waals surface area (Å²) < 4.78 is 0. The quantitative estimate of drug-likeness (QED) is 0.113. The fourth-order valence-corrected chi connectivity index (χ4v) is 5.23. The second-order valence-electron chi connectivity index (χ2n) is 12.0. The molecule has 43 heavy (non-hydrogen) atoms. The molecule has 0 heterocycles. The van der Waals surface area contributed by atoms with Gasteiger partial charge in [0.1, 0.15) is 24.2 Å². The zero-order valence-corrected chi connectivity index (χ0v) is 26.6. The Morgan fingerprint density at radius 2 is 1.40 bits per heavy atom. The maximum atomic E-state index is 13.7. The zero-order valence-electron chi connectivity index (χ0n) is 26.6. The number of Topliss-reactive ketones (excluding diaryl/α,β-unsaturated/α-hetero) is 1. The van der Waals surface area contributed by atoms with Crippen LogP contribution in [0.5, 0.6) is 0 Å². The lowest BCUT2D eigenvalue weighted by Crippen LogP contribution is -2.59. The van der Waals surface area contributed by atoms with Crippen LogP contribution in [0, 0.1) is 17.8 Å². The average molecular weight is 604 g/mol. The van der Waals surface area contributed by atoms with Gasteiger partial charge in [-0.05, 0) is 37.0 Å². The molecule has 5 amide bonds. The van der Waals surface area contributed by atoms with Crippen LogP contribution in [0.1, 0.15) is 92.4 Å². The van der Waals surface area contributed by atoms with Gasteiger partial charge in [-0.3, -0.25) is 28.8 Å². The fraction of sp³-hybridized carbons (Fsp3) is 0.688. The topological polar surface area (TPSA) is 163 Å². The molecule has 1 fully saturated rings. The number of carbonyl (C=O) groups excluding carboxylic acids is 6. The normalized spacial score (nSPS) is 16.9. The summed E-state index contributed by atoms with van der Waals surface area (Å²) in [4.78, 5) is 77.5. The van der Waals surface area contributed by atoms with Crippen LogP contribution in [0.2, 0.25) is 0 Å². The van der Waals surface area contributed by atoms with E-state index in [1.165, 1.54) is 19.1 Å². The van der Waals surface area contributed by atoms with Gasteiger partial charge in [-0.2, -0.15) is 0 Å². The molecule has 11 nitrogen and oxygen atoms in total. The average Bonchev–Trinajstić information content (AvgIpc) is 2.96. The van der Waals surface area contributed by atoms with Crippen molar-refractivity contribution in [1.29, 1.82) is 0 Å². The maximum Gasteiger partial charge on any atom is 0.289 e. The lowest BCUT2D eigenvalue weighted by molar-refractivity contribution is -0.140. The van der Waals surface area contributed by atoms with Gasteiger partial charge in [-0.25, -0.2) is 0 Å². The number of amides is 5. The third-order valence-electron chi connectivity index (χ3n) is 7.79. The third kappa shape index (κ3) is 13.6. The molecule has 1 aliphatic carbocycles. The van der Waals surface area contributed by atoms with Crippen LogP contribution in [-0.2, 0) is 28.8 Å². The van der Waals surface area contributed by atoms with Crippen LogP contribution in [0.4, 0.5) is 0 Å². The van der Waals surface area contributed by atoms with Crippen LogP contribution in [0.3, 0.4) is 0 Å². The molecule has 5 atom stereocenters. The monoisotopic (exact) mass is 603 g/mol. The molecule has 0 aromatic carbocycles. The van der Waals surface area contributed by atoms with E-state index in [0.717, 1.165) is 32.1 Å². The summed E-state index contributed by atoms with van der Waals surface area (Å²) in [5, 5.41) is 13.4. The molecule has 0 spiro atoms. The second kappa shape index (κ2) is 19.6. The highest BCUT2D eigenvalue weighted by atomic mass is 16.2. The maximum absolute atomic E-state index is 13.7. The minimum Gasteiger partial charge on any atom is -0.346 e. The van der Waals surface area contributed by atoms with Crippen molar-refractivity contribution in [2.24, 2.45) is 17.8 Å². The number of nitrogens with one attached hydrogen (secondary N) is 5. The highest BCUT2D eigenvalue weighted by Gasteiger charge is 2.35. The van der Waals surface area contributed by atoms with E-state index in [2.05, 4.69) is 39.7 Å². The van der Waals surface area contributed by atoms with Gasteiger partial charge in [0.05, 0.1) is 0 Å². The van der Waals surface area contributed by atoms with Gasteiger partial charge in [0.25, 0.3) is 5.91 Å². The molecular formula is C32H53N5O6. The largest absolute Gasteiger partial charge is 0.346 e. The minimum absolute atomic E-state index is 0.0299. The van der Waals surface area contributed by atoms with Gasteiger partial charge in [0, 0.05) is 13.5 Å². The van der Waals surface area contributed by atoms with Crippen LogP contribution in [-0.4, -0.2) is 66.0 Å². The van der Waals surface area contributed by atoms with Crippen molar-refractivity contribution < 1.29 is 28.8 Å². The number of carbonyl (C=O) groups is 6. The molecular weight excluding hydrogens is 550 g/mol. The van der Waals surface area contributed by atoms with Crippen LogP contribution in [0.25, 0.3) is 0 Å². The molecule has 242 valence electrons. The highest BCUT2D eigenvalue weighted by Crippen LogP contribution is 2.27. The molecule has 0 aliphatic heterocycles. The predicted octanol–water partition coefficient (Wildman–Crippen LogP) is 2.46. The van der Waals surface area contributed by atoms with Gasteiger partial charge in [-0.1, -0.05) is 78.4 Å². The van der Waals surface area contributed by atoms with Gasteiger partial charge >= 0.3 is 0 Å². The molecule has 0 aromatic heterocycles. The summed E-state index contributed by atoms with van der Waals surface area (Å²) in [7, 11) is 0. The standard InChI is InChI=1S/C32H53N5O6/c1-8-14-24(28(39)32(43)33-17-9-2)35-29(40)26(19-23-15-12-11-13-16-23)36-31(42)27(21(6)10-3)37-30(41)25(18-20(4)5)34-22(7)38/h8-9,20-21,23-27H,1-2,10-19H2,3-7H3,(H,33,43)(H,34,38)(H,35,40)(H,36,42)(H,37,41)/t21-,24?,25+,26+,27+/m1/s1. The molecule has 0 saturated heterocycles. The lowest BCUT2D eigenvalue weighted by Gasteiger charge is -2.31. The minimum atomic E-state index is -1.15. The molecule has 1 unspecified atom stereocenters. The van der Waals surface area contributed by atoms with Gasteiger partial charge < -0.3 is 26.6 Å². The van der Waals surface area contributed by atoms with E-state index in [4.69, 9.17) is 0 Å². The predicted molar refractivity (Wildman–Crippen MR) is 167 cm³/mol. The Bertz CT molecular complexity index is 991. The third-order valence-corrected chi connectivity index (χ3v) is 7.79. The van der Waals surface area contributed by atoms with Crippen LogP contribution < -0.4 is 26.6 Å².